The summed E-state index contributed by atoms with van der Waals surface area (Å²) in [6, 6.07) is 23.5. The topological polar surface area (TPSA) is 0 Å². The number of hydrogen-bond acceptors (Lipinski definition) is 0. The van der Waals surface area contributed by atoms with Gasteiger partial charge in [0.1, 0.15) is 7.85 Å². The van der Waals surface area contributed by atoms with Crippen molar-refractivity contribution in [3.05, 3.63) is 66.7 Å². The van der Waals surface area contributed by atoms with Gasteiger partial charge in [0.15, 0.2) is 0 Å². The summed E-state index contributed by atoms with van der Waals surface area (Å²) in [4.78, 5) is 0. The van der Waals surface area contributed by atoms with E-state index in [2.05, 4.69) is 66.7 Å². The van der Waals surface area contributed by atoms with Crippen molar-refractivity contribution in [2.24, 2.45) is 0 Å². The Morgan fingerprint density at radius 2 is 1.13 bits per heavy atom. The predicted molar refractivity (Wildman–Crippen MR) is 103 cm³/mol. The van der Waals surface area contributed by atoms with Crippen LogP contribution in [0, 0.1) is 0 Å². The van der Waals surface area contributed by atoms with Gasteiger partial charge in [0.2, 0.25) is 0 Å². The first-order valence-corrected chi connectivity index (χ1v) is 8.19. The maximum Gasteiger partial charge on any atom is 0.115 e. The molecule has 0 saturated carbocycles. The first kappa shape index (κ1) is 14.1. The molecule has 4 aromatic carbocycles. The fraction of sp³-hybridized carbons (Fsp3) is 0.0909. The largest absolute Gasteiger partial charge is 0.115 e. The highest BCUT2D eigenvalue weighted by Crippen LogP contribution is 2.49. The molecule has 23 heavy (non-hydrogen) atoms. The molecule has 1 aliphatic rings. The first-order valence-electron chi connectivity index (χ1n) is 8.19. The van der Waals surface area contributed by atoms with Crippen molar-refractivity contribution < 1.29 is 0 Å². The number of hydrogen-bond donors (Lipinski definition) is 0. The molecular weight excluding hydrogens is 275 g/mol. The lowest BCUT2D eigenvalue weighted by atomic mass is 9.82. The molecule has 0 bridgehead atoms. The first-order chi connectivity index (χ1) is 11.4. The van der Waals surface area contributed by atoms with Crippen molar-refractivity contribution in [1.29, 1.82) is 0 Å². The Morgan fingerprint density at radius 1 is 0.565 bits per heavy atom. The van der Waals surface area contributed by atoms with Gasteiger partial charge in [0, 0.05) is 0 Å². The molecule has 4 aromatic rings. The minimum atomic E-state index is 0.888. The second-order valence-electron chi connectivity index (χ2n) is 5.61. The van der Waals surface area contributed by atoms with Crippen molar-refractivity contribution in [3.8, 4) is 22.3 Å². The molecular formula is C22H17B. The van der Waals surface area contributed by atoms with Gasteiger partial charge in [-0.1, -0.05) is 86.0 Å². The molecule has 1 aliphatic carbocycles. The molecule has 0 saturated heterocycles. The average Bonchev–Trinajstić information content (AvgIpc) is 2.97. The lowest BCUT2D eigenvalue weighted by molar-refractivity contribution is 1.50. The average molecular weight is 292 g/mol. The highest BCUT2D eigenvalue weighted by atomic mass is 14.3. The summed E-state index contributed by atoms with van der Waals surface area (Å²) in [5.74, 6) is 0. The zero-order valence-corrected chi connectivity index (χ0v) is 13.4. The van der Waals surface area contributed by atoms with Crippen LogP contribution in [-0.2, 0) is 0 Å². The van der Waals surface area contributed by atoms with E-state index in [0.29, 0.717) is 0 Å². The third kappa shape index (κ3) is 1.80. The smallest absolute Gasteiger partial charge is 0.0812 e. The third-order valence-electron chi connectivity index (χ3n) is 4.58. The summed E-state index contributed by atoms with van der Waals surface area (Å²) in [6.45, 7) is 4.00. The zero-order valence-electron chi connectivity index (χ0n) is 13.4. The lowest BCUT2D eigenvalue weighted by Gasteiger charge is -2.12. The van der Waals surface area contributed by atoms with Crippen LogP contribution in [0.2, 0.25) is 0 Å². The summed E-state index contributed by atoms with van der Waals surface area (Å²) in [5, 5.41) is 4.86. The van der Waals surface area contributed by atoms with Crippen molar-refractivity contribution in [3.63, 3.8) is 0 Å². The second kappa shape index (κ2) is 5.28. The molecule has 0 amide bonds. The van der Waals surface area contributed by atoms with Crippen LogP contribution in [0.4, 0.5) is 0 Å². The van der Waals surface area contributed by atoms with Crippen LogP contribution in [-0.4, -0.2) is 7.85 Å². The Bertz CT molecular complexity index is 1040. The monoisotopic (exact) mass is 292 g/mol. The van der Waals surface area contributed by atoms with E-state index in [1.807, 2.05) is 13.8 Å². The molecule has 2 radical (unpaired) electrons. The normalized spacial score (nSPS) is 11.2. The summed E-state index contributed by atoms with van der Waals surface area (Å²) >= 11 is 0. The van der Waals surface area contributed by atoms with Crippen molar-refractivity contribution in [2.75, 3.05) is 0 Å². The van der Waals surface area contributed by atoms with Gasteiger partial charge in [-0.15, -0.1) is 0 Å². The molecule has 0 N–H and O–H groups in total. The van der Waals surface area contributed by atoms with Crippen LogP contribution >= 0.6 is 0 Å². The SMILES string of the molecule is CC.[B]c1c2ccccc2c2c3c(cccc13)-c1ccccc1-2. The van der Waals surface area contributed by atoms with Gasteiger partial charge >= 0.3 is 0 Å². The van der Waals surface area contributed by atoms with E-state index in [1.165, 1.54) is 33.0 Å². The standard InChI is InChI=1S/C20H11B.C2H6/c21-20-16-9-4-3-8-15(16)18-13-7-2-1-6-12(13)14-10-5-11-17(20)19(14)18;1-2/h1-11H;1-2H3. The maximum absolute atomic E-state index is 6.46. The van der Waals surface area contributed by atoms with E-state index in [0.717, 1.165) is 16.2 Å². The quantitative estimate of drug-likeness (QED) is 0.262. The lowest BCUT2D eigenvalue weighted by Crippen LogP contribution is -2.06. The molecule has 0 nitrogen and oxygen atoms in total. The van der Waals surface area contributed by atoms with E-state index in [9.17, 15) is 0 Å². The molecule has 0 heterocycles. The van der Waals surface area contributed by atoms with Gasteiger partial charge in [-0.2, -0.15) is 0 Å². The third-order valence-corrected chi connectivity index (χ3v) is 4.58. The molecule has 0 aromatic heterocycles. The number of fused-ring (bicyclic) bond motifs is 5. The van der Waals surface area contributed by atoms with Gasteiger partial charge in [-0.25, -0.2) is 0 Å². The van der Waals surface area contributed by atoms with Crippen LogP contribution in [0.25, 0.3) is 43.8 Å². The summed E-state index contributed by atoms with van der Waals surface area (Å²) in [6.07, 6.45) is 0. The Morgan fingerprint density at radius 3 is 1.91 bits per heavy atom. The van der Waals surface area contributed by atoms with Gasteiger partial charge in [0.25, 0.3) is 0 Å². The van der Waals surface area contributed by atoms with Crippen LogP contribution in [0.1, 0.15) is 13.8 Å². The highest BCUT2D eigenvalue weighted by Gasteiger charge is 2.23. The van der Waals surface area contributed by atoms with Gasteiger partial charge in [-0.3, -0.25) is 0 Å². The number of benzene rings is 4. The molecule has 5 rings (SSSR count). The van der Waals surface area contributed by atoms with Gasteiger partial charge < -0.3 is 0 Å². The zero-order chi connectivity index (χ0) is 16.0. The van der Waals surface area contributed by atoms with E-state index in [-0.39, 0.29) is 0 Å². The molecule has 108 valence electrons. The van der Waals surface area contributed by atoms with E-state index >= 15 is 0 Å². The molecule has 0 spiro atoms. The van der Waals surface area contributed by atoms with E-state index < -0.39 is 0 Å². The molecule has 1 heteroatoms. The summed E-state index contributed by atoms with van der Waals surface area (Å²) < 4.78 is 0. The Balaban J connectivity index is 0.000000652. The Kier molecular flexibility index (Phi) is 3.23. The minimum absolute atomic E-state index is 0.888. The van der Waals surface area contributed by atoms with Gasteiger partial charge in [-0.05, 0) is 43.8 Å². The molecule has 0 atom stereocenters. The molecule has 0 unspecified atom stereocenters. The summed E-state index contributed by atoms with van der Waals surface area (Å²) in [5.41, 5.74) is 6.16. The van der Waals surface area contributed by atoms with Crippen LogP contribution < -0.4 is 5.46 Å². The molecule has 0 fully saturated rings. The Labute approximate surface area is 138 Å². The van der Waals surface area contributed by atoms with Crippen LogP contribution in [0.3, 0.4) is 0 Å². The van der Waals surface area contributed by atoms with E-state index in [4.69, 9.17) is 7.85 Å². The van der Waals surface area contributed by atoms with Gasteiger partial charge in [0.05, 0.1) is 0 Å². The maximum atomic E-state index is 6.46. The highest BCUT2D eigenvalue weighted by molar-refractivity contribution is 6.48. The van der Waals surface area contributed by atoms with Crippen molar-refractivity contribution >= 4 is 34.9 Å². The summed E-state index contributed by atoms with van der Waals surface area (Å²) in [7, 11) is 6.46. The van der Waals surface area contributed by atoms with Crippen molar-refractivity contribution in [2.45, 2.75) is 13.8 Å². The minimum Gasteiger partial charge on any atom is -0.0812 e. The van der Waals surface area contributed by atoms with Crippen LogP contribution in [0.5, 0.6) is 0 Å². The Hall–Kier alpha value is -2.54. The van der Waals surface area contributed by atoms with Crippen molar-refractivity contribution in [1.82, 2.24) is 0 Å². The predicted octanol–water partition coefficient (Wildman–Crippen LogP) is 5.46. The van der Waals surface area contributed by atoms with Crippen LogP contribution in [0.15, 0.2) is 66.7 Å². The fourth-order valence-corrected chi connectivity index (χ4v) is 3.70. The second-order valence-corrected chi connectivity index (χ2v) is 5.61. The number of rotatable bonds is 0. The molecule has 0 aliphatic heterocycles. The van der Waals surface area contributed by atoms with E-state index in [1.54, 1.807) is 0 Å². The fourth-order valence-electron chi connectivity index (χ4n) is 3.70.